The fourth-order valence-corrected chi connectivity index (χ4v) is 2.81. The molecule has 0 saturated heterocycles. The molecule has 4 heteroatoms. The van der Waals surface area contributed by atoms with Gasteiger partial charge in [0.1, 0.15) is 11.9 Å². The molecule has 0 aromatic heterocycles. The van der Waals surface area contributed by atoms with Gasteiger partial charge in [0, 0.05) is 12.1 Å². The van der Waals surface area contributed by atoms with E-state index in [2.05, 4.69) is 20.8 Å². The fourth-order valence-electron chi connectivity index (χ4n) is 2.81. The van der Waals surface area contributed by atoms with Gasteiger partial charge in [0.2, 0.25) is 0 Å². The molecule has 20 heavy (non-hydrogen) atoms. The third-order valence-electron chi connectivity index (χ3n) is 4.24. The smallest absolute Gasteiger partial charge is 0.167 e. The Balaban J connectivity index is 2.10. The molecule has 1 aliphatic carbocycles. The van der Waals surface area contributed by atoms with E-state index in [0.29, 0.717) is 5.92 Å². The molecule has 0 spiro atoms. The van der Waals surface area contributed by atoms with Crippen LogP contribution in [0.1, 0.15) is 40.0 Å². The van der Waals surface area contributed by atoms with Crippen LogP contribution >= 0.6 is 0 Å². The first-order chi connectivity index (χ1) is 9.27. The van der Waals surface area contributed by atoms with Crippen molar-refractivity contribution in [3.8, 4) is 5.75 Å². The van der Waals surface area contributed by atoms with Crippen molar-refractivity contribution in [1.82, 2.24) is 0 Å². The van der Waals surface area contributed by atoms with E-state index in [4.69, 9.17) is 10.5 Å². The lowest BCUT2D eigenvalue weighted by Crippen LogP contribution is -2.46. The SMILES string of the molecule is CC(C)(C)C1CCC(N)C(Oc2ccc(F)cc2F)C1. The molecular formula is C16H23F2NO. The van der Waals surface area contributed by atoms with Crippen LogP contribution < -0.4 is 10.5 Å². The van der Waals surface area contributed by atoms with Crippen molar-refractivity contribution in [3.63, 3.8) is 0 Å². The molecule has 3 unspecified atom stereocenters. The number of hydrogen-bond donors (Lipinski definition) is 1. The van der Waals surface area contributed by atoms with Crippen LogP contribution in [0.2, 0.25) is 0 Å². The quantitative estimate of drug-likeness (QED) is 0.893. The van der Waals surface area contributed by atoms with Crippen LogP contribution in [0.15, 0.2) is 18.2 Å². The first-order valence-electron chi connectivity index (χ1n) is 7.14. The molecule has 0 radical (unpaired) electrons. The van der Waals surface area contributed by atoms with Crippen molar-refractivity contribution in [2.45, 2.75) is 52.2 Å². The number of hydrogen-bond acceptors (Lipinski definition) is 2. The highest BCUT2D eigenvalue weighted by atomic mass is 19.1. The third-order valence-corrected chi connectivity index (χ3v) is 4.24. The van der Waals surface area contributed by atoms with Crippen molar-refractivity contribution < 1.29 is 13.5 Å². The van der Waals surface area contributed by atoms with Crippen molar-refractivity contribution in [2.75, 3.05) is 0 Å². The van der Waals surface area contributed by atoms with Gasteiger partial charge in [-0.3, -0.25) is 0 Å². The summed E-state index contributed by atoms with van der Waals surface area (Å²) in [5, 5.41) is 0. The third kappa shape index (κ3) is 3.48. The highest BCUT2D eigenvalue weighted by molar-refractivity contribution is 5.25. The van der Waals surface area contributed by atoms with E-state index in [1.54, 1.807) is 0 Å². The van der Waals surface area contributed by atoms with E-state index in [0.717, 1.165) is 25.3 Å². The van der Waals surface area contributed by atoms with Crippen molar-refractivity contribution in [3.05, 3.63) is 29.8 Å². The minimum absolute atomic E-state index is 0.0846. The monoisotopic (exact) mass is 283 g/mol. The lowest BCUT2D eigenvalue weighted by atomic mass is 9.70. The Morgan fingerprint density at radius 2 is 1.90 bits per heavy atom. The molecule has 1 aromatic carbocycles. The molecule has 0 amide bonds. The lowest BCUT2D eigenvalue weighted by molar-refractivity contribution is 0.0566. The van der Waals surface area contributed by atoms with Crippen LogP contribution in [0.5, 0.6) is 5.75 Å². The van der Waals surface area contributed by atoms with Crippen molar-refractivity contribution in [2.24, 2.45) is 17.1 Å². The van der Waals surface area contributed by atoms with Crippen LogP contribution in [0.25, 0.3) is 0 Å². The Morgan fingerprint density at radius 3 is 2.50 bits per heavy atom. The zero-order chi connectivity index (χ0) is 14.9. The van der Waals surface area contributed by atoms with Gasteiger partial charge < -0.3 is 10.5 Å². The average molecular weight is 283 g/mol. The van der Waals surface area contributed by atoms with Crippen molar-refractivity contribution >= 4 is 0 Å². The van der Waals surface area contributed by atoms with Gasteiger partial charge in [0.25, 0.3) is 0 Å². The maximum absolute atomic E-state index is 13.7. The summed E-state index contributed by atoms with van der Waals surface area (Å²) in [4.78, 5) is 0. The Kier molecular flexibility index (Phi) is 4.33. The van der Waals surface area contributed by atoms with E-state index < -0.39 is 11.6 Å². The van der Waals surface area contributed by atoms with Gasteiger partial charge in [-0.1, -0.05) is 20.8 Å². The Hall–Kier alpha value is -1.16. The summed E-state index contributed by atoms with van der Waals surface area (Å²) in [5.74, 6) is -0.692. The predicted molar refractivity (Wildman–Crippen MR) is 75.5 cm³/mol. The number of rotatable bonds is 2. The molecule has 1 aromatic rings. The number of nitrogens with two attached hydrogens (primary N) is 1. The Morgan fingerprint density at radius 1 is 1.20 bits per heavy atom. The molecular weight excluding hydrogens is 260 g/mol. The predicted octanol–water partition coefficient (Wildman–Crippen LogP) is 3.89. The van der Waals surface area contributed by atoms with Crippen LogP contribution in [-0.2, 0) is 0 Å². The molecule has 0 aliphatic heterocycles. The van der Waals surface area contributed by atoms with Gasteiger partial charge >= 0.3 is 0 Å². The molecule has 112 valence electrons. The van der Waals surface area contributed by atoms with E-state index in [1.165, 1.54) is 12.1 Å². The van der Waals surface area contributed by atoms with Gasteiger partial charge in [-0.25, -0.2) is 8.78 Å². The highest BCUT2D eigenvalue weighted by Crippen LogP contribution is 2.38. The van der Waals surface area contributed by atoms with E-state index in [-0.39, 0.29) is 23.3 Å². The van der Waals surface area contributed by atoms with Gasteiger partial charge in [0.05, 0.1) is 0 Å². The summed E-state index contributed by atoms with van der Waals surface area (Å²) >= 11 is 0. The normalized spacial score (nSPS) is 27.4. The van der Waals surface area contributed by atoms with Crippen LogP contribution in [0, 0.1) is 23.0 Å². The Bertz CT molecular complexity index is 470. The second kappa shape index (κ2) is 5.68. The fraction of sp³-hybridized carbons (Fsp3) is 0.625. The highest BCUT2D eigenvalue weighted by Gasteiger charge is 2.35. The molecule has 0 heterocycles. The maximum Gasteiger partial charge on any atom is 0.167 e. The molecule has 1 saturated carbocycles. The maximum atomic E-state index is 13.7. The van der Waals surface area contributed by atoms with Gasteiger partial charge in [-0.2, -0.15) is 0 Å². The van der Waals surface area contributed by atoms with Gasteiger partial charge in [-0.15, -0.1) is 0 Å². The standard InChI is InChI=1S/C16H23F2NO/c1-16(2,3)10-4-6-13(19)15(8-10)20-14-7-5-11(17)9-12(14)18/h5,7,9-10,13,15H,4,6,8,19H2,1-3H3. The number of ether oxygens (including phenoxy) is 1. The first-order valence-corrected chi connectivity index (χ1v) is 7.14. The second-order valence-electron chi connectivity index (χ2n) is 6.77. The first kappa shape index (κ1) is 15.2. The zero-order valence-corrected chi connectivity index (χ0v) is 12.3. The topological polar surface area (TPSA) is 35.2 Å². The summed E-state index contributed by atoms with van der Waals surface area (Å²) in [7, 11) is 0. The second-order valence-corrected chi connectivity index (χ2v) is 6.77. The van der Waals surface area contributed by atoms with E-state index >= 15 is 0 Å². The molecule has 3 atom stereocenters. The summed E-state index contributed by atoms with van der Waals surface area (Å²) in [5.41, 5.74) is 6.27. The van der Waals surface area contributed by atoms with Crippen LogP contribution in [-0.4, -0.2) is 12.1 Å². The van der Waals surface area contributed by atoms with E-state index in [9.17, 15) is 8.78 Å². The molecule has 2 N–H and O–H groups in total. The summed E-state index contributed by atoms with van der Waals surface area (Å²) in [6.07, 6.45) is 2.53. The minimum atomic E-state index is -0.671. The average Bonchev–Trinajstić information content (AvgIpc) is 2.33. The molecule has 1 fully saturated rings. The Labute approximate surface area is 119 Å². The zero-order valence-electron chi connectivity index (χ0n) is 12.3. The summed E-state index contributed by atoms with van der Waals surface area (Å²) in [6.45, 7) is 6.60. The molecule has 2 rings (SSSR count). The minimum Gasteiger partial charge on any atom is -0.486 e. The number of halogens is 2. The van der Waals surface area contributed by atoms with Gasteiger partial charge in [-0.05, 0) is 42.7 Å². The van der Waals surface area contributed by atoms with Gasteiger partial charge in [0.15, 0.2) is 11.6 Å². The van der Waals surface area contributed by atoms with Crippen LogP contribution in [0.4, 0.5) is 8.78 Å². The summed E-state index contributed by atoms with van der Waals surface area (Å²) in [6, 6.07) is 3.27. The number of benzene rings is 1. The molecule has 0 bridgehead atoms. The summed E-state index contributed by atoms with van der Waals surface area (Å²) < 4.78 is 32.3. The molecule has 1 aliphatic rings. The lowest BCUT2D eigenvalue weighted by Gasteiger charge is -2.40. The molecule has 2 nitrogen and oxygen atoms in total. The largest absolute Gasteiger partial charge is 0.486 e. The van der Waals surface area contributed by atoms with Crippen molar-refractivity contribution in [1.29, 1.82) is 0 Å². The van der Waals surface area contributed by atoms with Crippen LogP contribution in [0.3, 0.4) is 0 Å². The van der Waals surface area contributed by atoms with E-state index in [1.807, 2.05) is 0 Å².